The Morgan fingerprint density at radius 2 is 1.94 bits per heavy atom. The van der Waals surface area contributed by atoms with Gasteiger partial charge in [-0.05, 0) is 31.8 Å². The van der Waals surface area contributed by atoms with Crippen LogP contribution in [0, 0.1) is 5.82 Å². The number of rotatable bonds is 6. The van der Waals surface area contributed by atoms with E-state index in [0.717, 1.165) is 18.7 Å². The molecule has 0 bridgehead atoms. The van der Waals surface area contributed by atoms with Gasteiger partial charge < -0.3 is 16.0 Å². The lowest BCUT2D eigenvalue weighted by Crippen LogP contribution is -2.33. The molecule has 1 aromatic carbocycles. The van der Waals surface area contributed by atoms with Crippen LogP contribution in [0.4, 0.5) is 4.39 Å². The Balaban J connectivity index is 2.50. The minimum absolute atomic E-state index is 0.0977. The molecule has 0 aliphatic heterocycles. The summed E-state index contributed by atoms with van der Waals surface area (Å²) in [7, 11) is 4.05. The monoisotopic (exact) mass is 225 g/mol. The molecule has 90 valence electrons. The van der Waals surface area contributed by atoms with Crippen LogP contribution in [0.25, 0.3) is 0 Å². The first kappa shape index (κ1) is 13.1. The highest BCUT2D eigenvalue weighted by atomic mass is 19.1. The number of benzene rings is 1. The van der Waals surface area contributed by atoms with E-state index < -0.39 is 0 Å². The van der Waals surface area contributed by atoms with E-state index in [4.69, 9.17) is 5.73 Å². The molecule has 16 heavy (non-hydrogen) atoms. The van der Waals surface area contributed by atoms with Crippen molar-refractivity contribution >= 4 is 0 Å². The zero-order valence-electron chi connectivity index (χ0n) is 9.91. The van der Waals surface area contributed by atoms with E-state index in [9.17, 15) is 4.39 Å². The molecule has 0 aliphatic carbocycles. The molecule has 0 heterocycles. The lowest BCUT2D eigenvalue weighted by Gasteiger charge is -2.18. The van der Waals surface area contributed by atoms with Crippen LogP contribution in [0.1, 0.15) is 11.6 Å². The third-order valence-electron chi connectivity index (χ3n) is 2.46. The number of hydrogen-bond acceptors (Lipinski definition) is 3. The third kappa shape index (κ3) is 4.26. The molecule has 0 saturated carbocycles. The van der Waals surface area contributed by atoms with Crippen LogP contribution in [-0.2, 0) is 0 Å². The minimum Gasteiger partial charge on any atom is -0.329 e. The number of likely N-dealkylation sites (N-methyl/N-ethyl adjacent to an activating group) is 1. The first-order valence-electron chi connectivity index (χ1n) is 5.47. The molecule has 1 unspecified atom stereocenters. The fourth-order valence-electron chi connectivity index (χ4n) is 1.49. The van der Waals surface area contributed by atoms with Crippen molar-refractivity contribution in [3.05, 3.63) is 35.6 Å². The molecule has 0 aliphatic rings. The van der Waals surface area contributed by atoms with Crippen molar-refractivity contribution in [1.82, 2.24) is 10.2 Å². The highest BCUT2D eigenvalue weighted by molar-refractivity contribution is 5.20. The van der Waals surface area contributed by atoms with Crippen LogP contribution in [-0.4, -0.2) is 38.6 Å². The number of nitrogens with two attached hydrogens (primary N) is 1. The molecular weight excluding hydrogens is 205 g/mol. The second-order valence-corrected chi connectivity index (χ2v) is 4.10. The highest BCUT2D eigenvalue weighted by Gasteiger charge is 2.08. The van der Waals surface area contributed by atoms with Crippen LogP contribution >= 0.6 is 0 Å². The first-order valence-corrected chi connectivity index (χ1v) is 5.47. The van der Waals surface area contributed by atoms with E-state index in [0.29, 0.717) is 6.54 Å². The van der Waals surface area contributed by atoms with Crippen LogP contribution < -0.4 is 11.1 Å². The van der Waals surface area contributed by atoms with Crippen molar-refractivity contribution in [2.75, 3.05) is 33.7 Å². The Morgan fingerprint density at radius 3 is 2.44 bits per heavy atom. The fraction of sp³-hybridized carbons (Fsp3) is 0.500. The van der Waals surface area contributed by atoms with Gasteiger partial charge in [-0.15, -0.1) is 0 Å². The van der Waals surface area contributed by atoms with Crippen LogP contribution in [0.5, 0.6) is 0 Å². The third-order valence-corrected chi connectivity index (χ3v) is 2.46. The van der Waals surface area contributed by atoms with Gasteiger partial charge in [0.25, 0.3) is 0 Å². The van der Waals surface area contributed by atoms with E-state index >= 15 is 0 Å². The maximum atomic E-state index is 12.8. The average molecular weight is 225 g/mol. The number of halogens is 1. The summed E-state index contributed by atoms with van der Waals surface area (Å²) >= 11 is 0. The maximum Gasteiger partial charge on any atom is 0.123 e. The zero-order valence-corrected chi connectivity index (χ0v) is 9.91. The van der Waals surface area contributed by atoms with Crippen molar-refractivity contribution in [2.45, 2.75) is 6.04 Å². The van der Waals surface area contributed by atoms with Gasteiger partial charge in [0.05, 0.1) is 0 Å². The summed E-state index contributed by atoms with van der Waals surface area (Å²) in [5.74, 6) is -0.215. The molecule has 0 spiro atoms. The Kier molecular flexibility index (Phi) is 5.38. The van der Waals surface area contributed by atoms with Gasteiger partial charge in [0.1, 0.15) is 5.82 Å². The van der Waals surface area contributed by atoms with Gasteiger partial charge in [0.2, 0.25) is 0 Å². The van der Waals surface area contributed by atoms with Crippen molar-refractivity contribution < 1.29 is 4.39 Å². The van der Waals surface area contributed by atoms with Crippen molar-refractivity contribution in [1.29, 1.82) is 0 Å². The predicted octanol–water partition coefficient (Wildman–Crippen LogP) is 0.977. The summed E-state index contributed by atoms with van der Waals surface area (Å²) < 4.78 is 12.8. The second kappa shape index (κ2) is 6.58. The molecule has 0 saturated heterocycles. The Hall–Kier alpha value is -0.970. The van der Waals surface area contributed by atoms with E-state index in [1.807, 2.05) is 14.1 Å². The standard InChI is InChI=1S/C12H20FN3/c1-16(2)8-7-15-12(9-14)10-3-5-11(13)6-4-10/h3-6,12,15H,7-9,14H2,1-2H3. The minimum atomic E-state index is -0.215. The van der Waals surface area contributed by atoms with Gasteiger partial charge in [-0.3, -0.25) is 0 Å². The predicted molar refractivity (Wildman–Crippen MR) is 64.8 cm³/mol. The van der Waals surface area contributed by atoms with Gasteiger partial charge in [0, 0.05) is 25.7 Å². The fourth-order valence-corrected chi connectivity index (χ4v) is 1.49. The first-order chi connectivity index (χ1) is 7.63. The number of nitrogens with zero attached hydrogens (tertiary/aromatic N) is 1. The summed E-state index contributed by atoms with van der Waals surface area (Å²) in [6.07, 6.45) is 0. The van der Waals surface area contributed by atoms with Crippen molar-refractivity contribution in [3.8, 4) is 0 Å². The Bertz CT molecular complexity index is 298. The van der Waals surface area contributed by atoms with Crippen LogP contribution in [0.3, 0.4) is 0 Å². The summed E-state index contributed by atoms with van der Waals surface area (Å²) in [5.41, 5.74) is 6.72. The van der Waals surface area contributed by atoms with E-state index in [-0.39, 0.29) is 11.9 Å². The maximum absolute atomic E-state index is 12.8. The molecule has 0 radical (unpaired) electrons. The SMILES string of the molecule is CN(C)CCNC(CN)c1ccc(F)cc1. The topological polar surface area (TPSA) is 41.3 Å². The zero-order chi connectivity index (χ0) is 12.0. The van der Waals surface area contributed by atoms with E-state index in [1.165, 1.54) is 12.1 Å². The Labute approximate surface area is 96.4 Å². The molecular formula is C12H20FN3. The Morgan fingerprint density at radius 1 is 1.31 bits per heavy atom. The van der Waals surface area contributed by atoms with Gasteiger partial charge in [-0.25, -0.2) is 4.39 Å². The smallest absolute Gasteiger partial charge is 0.123 e. The average Bonchev–Trinajstić information content (AvgIpc) is 2.26. The molecule has 3 N–H and O–H groups in total. The number of nitrogens with one attached hydrogen (secondary N) is 1. The lowest BCUT2D eigenvalue weighted by molar-refractivity contribution is 0.385. The summed E-state index contributed by atoms with van der Waals surface area (Å²) in [6, 6.07) is 6.57. The molecule has 0 fully saturated rings. The van der Waals surface area contributed by atoms with Gasteiger partial charge in [0.15, 0.2) is 0 Å². The van der Waals surface area contributed by atoms with Crippen LogP contribution in [0.15, 0.2) is 24.3 Å². The summed E-state index contributed by atoms with van der Waals surface area (Å²) in [5, 5.41) is 3.35. The largest absolute Gasteiger partial charge is 0.329 e. The molecule has 4 heteroatoms. The lowest BCUT2D eigenvalue weighted by atomic mass is 10.1. The van der Waals surface area contributed by atoms with Crippen molar-refractivity contribution in [2.24, 2.45) is 5.73 Å². The van der Waals surface area contributed by atoms with Gasteiger partial charge in [-0.2, -0.15) is 0 Å². The van der Waals surface area contributed by atoms with Crippen LogP contribution in [0.2, 0.25) is 0 Å². The molecule has 1 atom stereocenters. The molecule has 0 amide bonds. The highest BCUT2D eigenvalue weighted by Crippen LogP contribution is 2.11. The van der Waals surface area contributed by atoms with Gasteiger partial charge in [-0.1, -0.05) is 12.1 Å². The van der Waals surface area contributed by atoms with E-state index in [1.54, 1.807) is 12.1 Å². The van der Waals surface area contributed by atoms with Gasteiger partial charge >= 0.3 is 0 Å². The molecule has 1 rings (SSSR count). The van der Waals surface area contributed by atoms with E-state index in [2.05, 4.69) is 10.2 Å². The summed E-state index contributed by atoms with van der Waals surface area (Å²) in [4.78, 5) is 2.10. The normalized spacial score (nSPS) is 13.1. The quantitative estimate of drug-likeness (QED) is 0.758. The molecule has 3 nitrogen and oxygen atoms in total. The number of hydrogen-bond donors (Lipinski definition) is 2. The molecule has 0 aromatic heterocycles. The molecule has 1 aromatic rings. The second-order valence-electron chi connectivity index (χ2n) is 4.10. The summed E-state index contributed by atoms with van der Waals surface area (Å²) in [6.45, 7) is 2.34. The van der Waals surface area contributed by atoms with Crippen molar-refractivity contribution in [3.63, 3.8) is 0 Å².